The van der Waals surface area contributed by atoms with E-state index in [2.05, 4.69) is 17.0 Å². The Kier molecular flexibility index (Phi) is 7.41. The number of hydrogen-bond donors (Lipinski definition) is 0. The molecule has 0 aliphatic carbocycles. The third-order valence-corrected chi connectivity index (χ3v) is 6.92. The molecule has 0 N–H and O–H groups in total. The van der Waals surface area contributed by atoms with Gasteiger partial charge in [0.1, 0.15) is 5.69 Å². The van der Waals surface area contributed by atoms with E-state index in [1.165, 1.54) is 0 Å². The average Bonchev–Trinajstić information content (AvgIpc) is 3.55. The molecule has 8 nitrogen and oxygen atoms in total. The number of rotatable bonds is 9. The van der Waals surface area contributed by atoms with E-state index in [4.69, 9.17) is 18.7 Å². The number of carbonyl (C=O) groups excluding carboxylic acids is 1. The maximum Gasteiger partial charge on any atom is 0.254 e. The third kappa shape index (κ3) is 5.18. The van der Waals surface area contributed by atoms with Gasteiger partial charge < -0.3 is 28.5 Å². The minimum atomic E-state index is -0.0807. The maximum atomic E-state index is 13.8. The second kappa shape index (κ2) is 11.0. The van der Waals surface area contributed by atoms with Crippen molar-refractivity contribution in [3.8, 4) is 22.8 Å². The van der Waals surface area contributed by atoms with Gasteiger partial charge in [0.15, 0.2) is 11.5 Å². The van der Waals surface area contributed by atoms with E-state index in [9.17, 15) is 4.79 Å². The van der Waals surface area contributed by atoms with E-state index in [1.807, 2.05) is 35.2 Å². The highest BCUT2D eigenvalue weighted by Gasteiger charge is 2.29. The summed E-state index contributed by atoms with van der Waals surface area (Å²) in [5.41, 5.74) is 3.24. The lowest BCUT2D eigenvalue weighted by atomic mass is 9.98. The molecule has 2 aliphatic rings. The molecule has 0 atom stereocenters. The number of methoxy groups -OCH3 is 1. The molecule has 0 spiro atoms. The molecule has 2 aliphatic heterocycles. The number of amides is 1. The lowest BCUT2D eigenvalue weighted by Gasteiger charge is -2.31. The van der Waals surface area contributed by atoms with Gasteiger partial charge in [-0.05, 0) is 43.4 Å². The van der Waals surface area contributed by atoms with Crippen LogP contribution in [0.1, 0.15) is 42.1 Å². The fourth-order valence-corrected chi connectivity index (χ4v) is 4.78. The van der Waals surface area contributed by atoms with E-state index >= 15 is 0 Å². The van der Waals surface area contributed by atoms with Crippen LogP contribution in [0, 0.1) is 5.92 Å². The van der Waals surface area contributed by atoms with Gasteiger partial charge >= 0.3 is 0 Å². The molecule has 0 bridgehead atoms. The van der Waals surface area contributed by atoms with Crippen LogP contribution in [0.15, 0.2) is 53.1 Å². The molecule has 1 aromatic heterocycles. The summed E-state index contributed by atoms with van der Waals surface area (Å²) >= 11 is 0. The summed E-state index contributed by atoms with van der Waals surface area (Å²) in [6.07, 6.45) is 2.93. The topological polar surface area (TPSA) is 77.3 Å². The molecule has 3 heterocycles. The zero-order chi connectivity index (χ0) is 24.9. The summed E-state index contributed by atoms with van der Waals surface area (Å²) in [5.74, 6) is 2.62. The molecule has 0 radical (unpaired) electrons. The number of hydrogen-bond acceptors (Lipinski definition) is 7. The van der Waals surface area contributed by atoms with Gasteiger partial charge in [-0.15, -0.1) is 0 Å². The second-order valence-electron chi connectivity index (χ2n) is 9.49. The molecule has 2 aromatic carbocycles. The van der Waals surface area contributed by atoms with Crippen LogP contribution in [0.3, 0.4) is 0 Å². The molecule has 190 valence electrons. The molecule has 5 rings (SSSR count). The number of nitrogens with zero attached hydrogens (tertiary/aromatic N) is 3. The van der Waals surface area contributed by atoms with Gasteiger partial charge in [-0.3, -0.25) is 4.79 Å². The zero-order valence-corrected chi connectivity index (χ0v) is 20.9. The highest BCUT2D eigenvalue weighted by Crippen LogP contribution is 2.36. The molecule has 1 fully saturated rings. The fraction of sp³-hybridized carbons (Fsp3) is 0.429. The van der Waals surface area contributed by atoms with Gasteiger partial charge in [-0.1, -0.05) is 42.4 Å². The predicted molar refractivity (Wildman–Crippen MR) is 136 cm³/mol. The Morgan fingerprint density at radius 3 is 2.67 bits per heavy atom. The number of piperidine rings is 1. The normalized spacial score (nSPS) is 15.3. The van der Waals surface area contributed by atoms with Gasteiger partial charge in [0.05, 0.1) is 12.1 Å². The molecule has 8 heteroatoms. The number of benzene rings is 2. The van der Waals surface area contributed by atoms with Crippen molar-refractivity contribution < 1.29 is 23.5 Å². The first-order valence-corrected chi connectivity index (χ1v) is 12.6. The van der Waals surface area contributed by atoms with Gasteiger partial charge in [-0.2, -0.15) is 0 Å². The zero-order valence-electron chi connectivity index (χ0n) is 20.9. The van der Waals surface area contributed by atoms with Crippen molar-refractivity contribution in [1.29, 1.82) is 0 Å². The largest absolute Gasteiger partial charge is 0.454 e. The van der Waals surface area contributed by atoms with Crippen LogP contribution in [-0.2, 0) is 11.3 Å². The van der Waals surface area contributed by atoms with Crippen molar-refractivity contribution in [3.63, 3.8) is 0 Å². The monoisotopic (exact) mass is 491 g/mol. The fourth-order valence-electron chi connectivity index (χ4n) is 4.78. The highest BCUT2D eigenvalue weighted by molar-refractivity contribution is 5.95. The van der Waals surface area contributed by atoms with Crippen LogP contribution in [-0.4, -0.2) is 56.1 Å². The summed E-state index contributed by atoms with van der Waals surface area (Å²) in [5, 5.41) is 4.49. The Labute approximate surface area is 211 Å². The van der Waals surface area contributed by atoms with Crippen LogP contribution in [0.4, 0.5) is 5.88 Å². The Balaban J connectivity index is 1.48. The van der Waals surface area contributed by atoms with Crippen molar-refractivity contribution in [2.75, 3.05) is 45.0 Å². The summed E-state index contributed by atoms with van der Waals surface area (Å²) in [6.45, 7) is 5.77. The second-order valence-corrected chi connectivity index (χ2v) is 9.49. The molecule has 0 saturated carbocycles. The number of ether oxygens (including phenoxy) is 3. The Bertz CT molecular complexity index is 1170. The van der Waals surface area contributed by atoms with Crippen molar-refractivity contribution in [2.45, 2.75) is 32.7 Å². The lowest BCUT2D eigenvalue weighted by molar-refractivity contribution is 0.0723. The minimum absolute atomic E-state index is 0.0807. The number of carbonyl (C=O) groups is 1. The van der Waals surface area contributed by atoms with E-state index in [-0.39, 0.29) is 12.7 Å². The van der Waals surface area contributed by atoms with Crippen molar-refractivity contribution in [3.05, 3.63) is 59.7 Å². The van der Waals surface area contributed by atoms with E-state index in [0.717, 1.165) is 55.1 Å². The molecular formula is C28H33N3O5. The summed E-state index contributed by atoms with van der Waals surface area (Å²) < 4.78 is 22.2. The Morgan fingerprint density at radius 1 is 1.11 bits per heavy atom. The number of fused-ring (bicyclic) bond motifs is 1. The average molecular weight is 492 g/mol. The minimum Gasteiger partial charge on any atom is -0.454 e. The molecular weight excluding hydrogens is 458 g/mol. The molecule has 1 amide bonds. The summed E-state index contributed by atoms with van der Waals surface area (Å²) in [6, 6.07) is 15.4. The standard InChI is InChI=1S/C28H33N3O5/c1-20-11-14-30(15-12-20)28-23(26(29-36-28)21-7-4-3-5-8-21)18-31(13-6-16-33-2)27(32)22-9-10-24-25(17-22)35-19-34-24/h3-5,7-10,17,20H,6,11-16,18-19H2,1-2H3. The first kappa shape index (κ1) is 24.2. The molecule has 36 heavy (non-hydrogen) atoms. The maximum absolute atomic E-state index is 13.8. The van der Waals surface area contributed by atoms with Gasteiger partial charge in [0.25, 0.3) is 5.91 Å². The predicted octanol–water partition coefficient (Wildman–Crippen LogP) is 4.99. The molecule has 1 saturated heterocycles. The van der Waals surface area contributed by atoms with Crippen LogP contribution in [0.25, 0.3) is 11.3 Å². The van der Waals surface area contributed by atoms with Crippen LogP contribution in [0.2, 0.25) is 0 Å². The lowest BCUT2D eigenvalue weighted by Crippen LogP contribution is -2.35. The van der Waals surface area contributed by atoms with Gasteiger partial charge in [0, 0.05) is 44.5 Å². The quantitative estimate of drug-likeness (QED) is 0.391. The molecule has 3 aromatic rings. The Hall–Kier alpha value is -3.52. The first-order valence-electron chi connectivity index (χ1n) is 12.6. The van der Waals surface area contributed by atoms with Crippen molar-refractivity contribution in [1.82, 2.24) is 10.1 Å². The Morgan fingerprint density at radius 2 is 1.89 bits per heavy atom. The van der Waals surface area contributed by atoms with E-state index < -0.39 is 0 Å². The van der Waals surface area contributed by atoms with E-state index in [1.54, 1.807) is 25.3 Å². The summed E-state index contributed by atoms with van der Waals surface area (Å²) in [4.78, 5) is 17.9. The third-order valence-electron chi connectivity index (χ3n) is 6.92. The van der Waals surface area contributed by atoms with Crippen LogP contribution >= 0.6 is 0 Å². The van der Waals surface area contributed by atoms with Crippen LogP contribution < -0.4 is 14.4 Å². The van der Waals surface area contributed by atoms with Crippen molar-refractivity contribution >= 4 is 11.8 Å². The number of aromatic nitrogens is 1. The van der Waals surface area contributed by atoms with Gasteiger partial charge in [0.2, 0.25) is 12.7 Å². The van der Waals surface area contributed by atoms with Crippen LogP contribution in [0.5, 0.6) is 11.5 Å². The number of anilines is 1. The SMILES string of the molecule is COCCCN(Cc1c(-c2ccccc2)noc1N1CCC(C)CC1)C(=O)c1ccc2c(c1)OCO2. The van der Waals surface area contributed by atoms with Crippen molar-refractivity contribution in [2.24, 2.45) is 5.92 Å². The smallest absolute Gasteiger partial charge is 0.254 e. The van der Waals surface area contributed by atoms with Gasteiger partial charge in [-0.25, -0.2) is 0 Å². The summed E-state index contributed by atoms with van der Waals surface area (Å²) in [7, 11) is 1.67. The van der Waals surface area contributed by atoms with E-state index in [0.29, 0.717) is 42.7 Å². The first-order chi connectivity index (χ1) is 17.6. The molecule has 0 unspecified atom stereocenters. The highest BCUT2D eigenvalue weighted by atomic mass is 16.7.